The van der Waals surface area contributed by atoms with Crippen molar-refractivity contribution in [3.8, 4) is 0 Å². The zero-order valence-corrected chi connectivity index (χ0v) is 14.6. The van der Waals surface area contributed by atoms with Crippen molar-refractivity contribution in [2.45, 2.75) is 36.6 Å². The minimum atomic E-state index is -3.36. The van der Waals surface area contributed by atoms with Crippen LogP contribution in [0.1, 0.15) is 25.3 Å². The molecule has 0 amide bonds. The van der Waals surface area contributed by atoms with Crippen molar-refractivity contribution in [1.29, 1.82) is 0 Å². The number of rotatable bonds is 7. The number of nitrogens with one attached hydrogen (secondary N) is 1. The lowest BCUT2D eigenvalue weighted by molar-refractivity contribution is 0.271. The lowest BCUT2D eigenvalue weighted by Gasteiger charge is -2.24. The number of likely N-dealkylation sites (N-methyl/N-ethyl adjacent to an activating group) is 2. The van der Waals surface area contributed by atoms with E-state index < -0.39 is 10.0 Å². The molecule has 0 radical (unpaired) electrons. The van der Waals surface area contributed by atoms with Gasteiger partial charge >= 0.3 is 0 Å². The molecule has 0 spiro atoms. The van der Waals surface area contributed by atoms with Crippen molar-refractivity contribution in [1.82, 2.24) is 14.5 Å². The molecule has 2 rings (SSSR count). The molecular formula is C14H25N3O2S2. The molecule has 1 fully saturated rings. The molecule has 1 saturated heterocycles. The summed E-state index contributed by atoms with van der Waals surface area (Å²) < 4.78 is 27.2. The molecule has 1 aromatic heterocycles. The summed E-state index contributed by atoms with van der Waals surface area (Å²) >= 11 is 1.31. The van der Waals surface area contributed by atoms with E-state index in [1.807, 2.05) is 12.3 Å². The first-order chi connectivity index (χ1) is 9.95. The van der Waals surface area contributed by atoms with Gasteiger partial charge in [-0.2, -0.15) is 4.31 Å². The van der Waals surface area contributed by atoms with Crippen LogP contribution >= 0.6 is 11.3 Å². The maximum Gasteiger partial charge on any atom is 0.252 e. The van der Waals surface area contributed by atoms with Gasteiger partial charge in [-0.1, -0.05) is 6.92 Å². The van der Waals surface area contributed by atoms with Gasteiger partial charge in [-0.3, -0.25) is 0 Å². The SMILES string of the molecule is CCNCc1csc(S(=O)(=O)N(C)CC2CCCN2C)c1. The Hall–Kier alpha value is -0.470. The highest BCUT2D eigenvalue weighted by atomic mass is 32.2. The number of nitrogens with zero attached hydrogens (tertiary/aromatic N) is 2. The Labute approximate surface area is 132 Å². The van der Waals surface area contributed by atoms with Crippen LogP contribution in [0, 0.1) is 0 Å². The van der Waals surface area contributed by atoms with E-state index in [1.165, 1.54) is 15.6 Å². The third-order valence-electron chi connectivity index (χ3n) is 4.01. The first kappa shape index (κ1) is 16.9. The topological polar surface area (TPSA) is 52.7 Å². The third-order valence-corrected chi connectivity index (χ3v) is 7.30. The average Bonchev–Trinajstić information content (AvgIpc) is 3.06. The summed E-state index contributed by atoms with van der Waals surface area (Å²) in [7, 11) is 0.396. The van der Waals surface area contributed by atoms with Crippen LogP contribution < -0.4 is 5.32 Å². The lowest BCUT2D eigenvalue weighted by Crippen LogP contribution is -2.39. The minimum Gasteiger partial charge on any atom is -0.313 e. The second-order valence-electron chi connectivity index (χ2n) is 5.62. The number of thiophene rings is 1. The van der Waals surface area contributed by atoms with Gasteiger partial charge in [0.15, 0.2) is 0 Å². The largest absolute Gasteiger partial charge is 0.313 e. The second kappa shape index (κ2) is 7.19. The first-order valence-electron chi connectivity index (χ1n) is 7.40. The zero-order chi connectivity index (χ0) is 15.5. The van der Waals surface area contributed by atoms with E-state index in [0.29, 0.717) is 16.8 Å². The molecule has 0 saturated carbocycles. The van der Waals surface area contributed by atoms with Crippen LogP contribution in [0.25, 0.3) is 0 Å². The van der Waals surface area contributed by atoms with Gasteiger partial charge in [0.05, 0.1) is 0 Å². The predicted octanol–water partition coefficient (Wildman–Crippen LogP) is 1.57. The molecule has 0 bridgehead atoms. The second-order valence-corrected chi connectivity index (χ2v) is 8.80. The van der Waals surface area contributed by atoms with Crippen LogP contribution in [-0.2, 0) is 16.6 Å². The first-order valence-corrected chi connectivity index (χ1v) is 9.71. The molecule has 120 valence electrons. The quantitative estimate of drug-likeness (QED) is 0.824. The van der Waals surface area contributed by atoms with Crippen LogP contribution in [0.3, 0.4) is 0 Å². The molecular weight excluding hydrogens is 306 g/mol. The molecule has 7 heteroatoms. The highest BCUT2D eigenvalue weighted by Gasteiger charge is 2.28. The fourth-order valence-corrected chi connectivity index (χ4v) is 5.24. The molecule has 1 atom stereocenters. The highest BCUT2D eigenvalue weighted by molar-refractivity contribution is 7.91. The van der Waals surface area contributed by atoms with Crippen molar-refractivity contribution >= 4 is 21.4 Å². The summed E-state index contributed by atoms with van der Waals surface area (Å²) in [6.45, 7) is 5.27. The van der Waals surface area contributed by atoms with Gasteiger partial charge in [0.1, 0.15) is 4.21 Å². The summed E-state index contributed by atoms with van der Waals surface area (Å²) in [5, 5.41) is 5.14. The van der Waals surface area contributed by atoms with E-state index in [4.69, 9.17) is 0 Å². The molecule has 1 aliphatic heterocycles. The average molecular weight is 332 g/mol. The van der Waals surface area contributed by atoms with E-state index in [2.05, 4.69) is 17.3 Å². The number of likely N-dealkylation sites (tertiary alicyclic amines) is 1. The van der Waals surface area contributed by atoms with Crippen molar-refractivity contribution in [3.05, 3.63) is 17.0 Å². The standard InChI is InChI=1S/C14H25N3O2S2/c1-4-15-9-12-8-14(20-11-12)21(18,19)17(3)10-13-6-5-7-16(13)2/h8,11,13,15H,4-7,9-10H2,1-3H3. The van der Waals surface area contributed by atoms with Gasteiger partial charge in [-0.15, -0.1) is 11.3 Å². The highest BCUT2D eigenvalue weighted by Crippen LogP contribution is 2.25. The summed E-state index contributed by atoms with van der Waals surface area (Å²) in [6.07, 6.45) is 2.23. The normalized spacial score (nSPS) is 20.5. The zero-order valence-electron chi connectivity index (χ0n) is 13.0. The van der Waals surface area contributed by atoms with E-state index in [9.17, 15) is 8.42 Å². The van der Waals surface area contributed by atoms with E-state index >= 15 is 0 Å². The molecule has 2 heterocycles. The van der Waals surface area contributed by atoms with Crippen LogP contribution in [0.4, 0.5) is 0 Å². The van der Waals surface area contributed by atoms with Crippen molar-refractivity contribution in [3.63, 3.8) is 0 Å². The van der Waals surface area contributed by atoms with Crippen LogP contribution in [0.5, 0.6) is 0 Å². The third kappa shape index (κ3) is 4.04. The smallest absolute Gasteiger partial charge is 0.252 e. The Morgan fingerprint density at radius 2 is 2.29 bits per heavy atom. The molecule has 0 aromatic carbocycles. The number of hydrogen-bond acceptors (Lipinski definition) is 5. The molecule has 1 N–H and O–H groups in total. The van der Waals surface area contributed by atoms with Gasteiger partial charge in [0.2, 0.25) is 0 Å². The Balaban J connectivity index is 2.04. The predicted molar refractivity (Wildman–Crippen MR) is 87.2 cm³/mol. The molecule has 1 aromatic rings. The van der Waals surface area contributed by atoms with E-state index in [1.54, 1.807) is 13.1 Å². The van der Waals surface area contributed by atoms with Crippen LogP contribution in [-0.4, -0.2) is 57.4 Å². The van der Waals surface area contributed by atoms with Gasteiger partial charge in [-0.25, -0.2) is 8.42 Å². The Morgan fingerprint density at radius 1 is 1.52 bits per heavy atom. The van der Waals surface area contributed by atoms with Crippen LogP contribution in [0.2, 0.25) is 0 Å². The Kier molecular flexibility index (Phi) is 5.79. The molecule has 1 aliphatic rings. The molecule has 5 nitrogen and oxygen atoms in total. The molecule has 0 aliphatic carbocycles. The summed E-state index contributed by atoms with van der Waals surface area (Å²) in [5.74, 6) is 0. The summed E-state index contributed by atoms with van der Waals surface area (Å²) in [6, 6.07) is 2.13. The summed E-state index contributed by atoms with van der Waals surface area (Å²) in [4.78, 5) is 2.25. The fraction of sp³-hybridized carbons (Fsp3) is 0.714. The number of sulfonamides is 1. The van der Waals surface area contributed by atoms with E-state index in [0.717, 1.165) is 38.0 Å². The van der Waals surface area contributed by atoms with Gasteiger partial charge < -0.3 is 10.2 Å². The monoisotopic (exact) mass is 331 g/mol. The van der Waals surface area contributed by atoms with E-state index in [-0.39, 0.29) is 0 Å². The Bertz CT molecular complexity index is 556. The molecule has 1 unspecified atom stereocenters. The van der Waals surface area contributed by atoms with Gasteiger partial charge in [0, 0.05) is 26.2 Å². The van der Waals surface area contributed by atoms with Crippen LogP contribution in [0.15, 0.2) is 15.7 Å². The number of hydrogen-bond donors (Lipinski definition) is 1. The Morgan fingerprint density at radius 3 is 2.90 bits per heavy atom. The van der Waals surface area contributed by atoms with Crippen molar-refractivity contribution in [2.24, 2.45) is 0 Å². The molecule has 21 heavy (non-hydrogen) atoms. The summed E-state index contributed by atoms with van der Waals surface area (Å²) in [5.41, 5.74) is 1.03. The van der Waals surface area contributed by atoms with Crippen molar-refractivity contribution < 1.29 is 8.42 Å². The lowest BCUT2D eigenvalue weighted by atomic mass is 10.2. The fourth-order valence-electron chi connectivity index (χ4n) is 2.61. The van der Waals surface area contributed by atoms with Gasteiger partial charge in [0.25, 0.3) is 10.0 Å². The minimum absolute atomic E-state index is 0.339. The maximum atomic E-state index is 12.6. The maximum absolute atomic E-state index is 12.6. The van der Waals surface area contributed by atoms with Gasteiger partial charge in [-0.05, 0) is 50.0 Å². The van der Waals surface area contributed by atoms with Crippen molar-refractivity contribution in [2.75, 3.05) is 33.7 Å².